The summed E-state index contributed by atoms with van der Waals surface area (Å²) in [6.45, 7) is 10.3. The van der Waals surface area contributed by atoms with Crippen molar-refractivity contribution < 1.29 is 4.79 Å². The van der Waals surface area contributed by atoms with Gasteiger partial charge in [0.15, 0.2) is 0 Å². The molecule has 0 fully saturated rings. The molecule has 0 amide bonds. The van der Waals surface area contributed by atoms with Gasteiger partial charge in [-0.25, -0.2) is 4.68 Å². The molecule has 20 heavy (non-hydrogen) atoms. The molecule has 0 bridgehead atoms. The van der Waals surface area contributed by atoms with Crippen LogP contribution in [0.15, 0.2) is 24.3 Å². The SMILES string of the molecule is Cc1ccccc1C(=O)n1nc(C)c(CC(C)C)c1C. The summed E-state index contributed by atoms with van der Waals surface area (Å²) >= 11 is 0. The van der Waals surface area contributed by atoms with Gasteiger partial charge >= 0.3 is 0 Å². The molecule has 1 heterocycles. The van der Waals surface area contributed by atoms with Gasteiger partial charge in [-0.15, -0.1) is 0 Å². The van der Waals surface area contributed by atoms with Crippen LogP contribution < -0.4 is 0 Å². The van der Waals surface area contributed by atoms with Crippen LogP contribution in [-0.2, 0) is 6.42 Å². The number of carbonyl (C=O) groups is 1. The standard InChI is InChI=1S/C17H22N2O/c1-11(2)10-16-13(4)18-19(14(16)5)17(20)15-9-7-6-8-12(15)3/h6-9,11H,10H2,1-5H3. The topological polar surface area (TPSA) is 34.9 Å². The largest absolute Gasteiger partial charge is 0.278 e. The van der Waals surface area contributed by atoms with Crippen molar-refractivity contribution in [1.82, 2.24) is 9.78 Å². The lowest BCUT2D eigenvalue weighted by atomic mass is 10.0. The average molecular weight is 270 g/mol. The summed E-state index contributed by atoms with van der Waals surface area (Å²) in [7, 11) is 0. The number of aryl methyl sites for hydroxylation is 2. The van der Waals surface area contributed by atoms with Gasteiger partial charge in [0.1, 0.15) is 0 Å². The maximum atomic E-state index is 12.6. The molecule has 0 aliphatic rings. The molecule has 1 aromatic carbocycles. The number of nitrogens with zero attached hydrogens (tertiary/aromatic N) is 2. The fraction of sp³-hybridized carbons (Fsp3) is 0.412. The monoisotopic (exact) mass is 270 g/mol. The minimum absolute atomic E-state index is 0.0429. The van der Waals surface area contributed by atoms with Gasteiger partial charge in [0.25, 0.3) is 5.91 Å². The highest BCUT2D eigenvalue weighted by molar-refractivity contribution is 5.97. The Labute approximate surface area is 120 Å². The quantitative estimate of drug-likeness (QED) is 0.852. The molecule has 0 atom stereocenters. The van der Waals surface area contributed by atoms with Gasteiger partial charge in [-0.2, -0.15) is 5.10 Å². The Morgan fingerprint density at radius 2 is 1.85 bits per heavy atom. The maximum Gasteiger partial charge on any atom is 0.278 e. The summed E-state index contributed by atoms with van der Waals surface area (Å²) in [5.74, 6) is 0.511. The predicted octanol–water partition coefficient (Wildman–Crippen LogP) is 3.70. The first-order valence-corrected chi connectivity index (χ1v) is 7.07. The van der Waals surface area contributed by atoms with Crippen LogP contribution in [0.1, 0.15) is 46.7 Å². The van der Waals surface area contributed by atoms with E-state index in [0.29, 0.717) is 11.5 Å². The second-order valence-corrected chi connectivity index (χ2v) is 5.78. The van der Waals surface area contributed by atoms with Crippen molar-refractivity contribution in [2.45, 2.75) is 41.0 Å². The van der Waals surface area contributed by atoms with Gasteiger partial charge in [0.05, 0.1) is 5.69 Å². The van der Waals surface area contributed by atoms with Crippen LogP contribution in [-0.4, -0.2) is 15.7 Å². The van der Waals surface area contributed by atoms with Crippen LogP contribution in [0.2, 0.25) is 0 Å². The zero-order valence-corrected chi connectivity index (χ0v) is 12.9. The Balaban J connectivity index is 2.44. The van der Waals surface area contributed by atoms with Gasteiger partial charge in [0, 0.05) is 11.3 Å². The molecule has 3 heteroatoms. The predicted molar refractivity (Wildman–Crippen MR) is 81.2 cm³/mol. The molecule has 0 unspecified atom stereocenters. The van der Waals surface area contributed by atoms with Crippen LogP contribution in [0.4, 0.5) is 0 Å². The lowest BCUT2D eigenvalue weighted by Crippen LogP contribution is -2.16. The summed E-state index contributed by atoms with van der Waals surface area (Å²) in [5, 5.41) is 4.45. The highest BCUT2D eigenvalue weighted by Crippen LogP contribution is 2.19. The van der Waals surface area contributed by atoms with Gasteiger partial charge < -0.3 is 0 Å². The van der Waals surface area contributed by atoms with Crippen LogP contribution in [0.25, 0.3) is 0 Å². The Hall–Kier alpha value is -1.90. The van der Waals surface area contributed by atoms with E-state index in [1.807, 2.05) is 45.0 Å². The summed E-state index contributed by atoms with van der Waals surface area (Å²) in [6, 6.07) is 7.64. The Morgan fingerprint density at radius 1 is 1.20 bits per heavy atom. The molecule has 0 aliphatic carbocycles. The van der Waals surface area contributed by atoms with Crippen LogP contribution >= 0.6 is 0 Å². The van der Waals surface area contributed by atoms with Crippen LogP contribution in [0.5, 0.6) is 0 Å². The third kappa shape index (κ3) is 2.67. The molecule has 0 saturated heterocycles. The zero-order valence-electron chi connectivity index (χ0n) is 12.9. The zero-order chi connectivity index (χ0) is 14.9. The van der Waals surface area contributed by atoms with Crippen molar-refractivity contribution in [2.75, 3.05) is 0 Å². The molecule has 0 aliphatic heterocycles. The van der Waals surface area contributed by atoms with Crippen molar-refractivity contribution in [3.63, 3.8) is 0 Å². The third-order valence-electron chi connectivity index (χ3n) is 3.62. The van der Waals surface area contributed by atoms with Crippen LogP contribution in [0, 0.1) is 26.7 Å². The van der Waals surface area contributed by atoms with Gasteiger partial charge in [-0.05, 0) is 50.3 Å². The van der Waals surface area contributed by atoms with E-state index in [1.54, 1.807) is 4.68 Å². The molecule has 0 radical (unpaired) electrons. The van der Waals surface area contributed by atoms with E-state index in [2.05, 4.69) is 18.9 Å². The number of benzene rings is 1. The summed E-state index contributed by atoms with van der Waals surface area (Å²) in [4.78, 5) is 12.6. The number of carbonyl (C=O) groups excluding carboxylic acids is 1. The van der Waals surface area contributed by atoms with Gasteiger partial charge in [-0.1, -0.05) is 32.0 Å². The number of hydrogen-bond acceptors (Lipinski definition) is 2. The minimum atomic E-state index is -0.0429. The highest BCUT2D eigenvalue weighted by Gasteiger charge is 2.19. The fourth-order valence-corrected chi connectivity index (χ4v) is 2.50. The second kappa shape index (κ2) is 5.61. The molecule has 0 spiro atoms. The van der Waals surface area contributed by atoms with E-state index in [-0.39, 0.29) is 5.91 Å². The van der Waals surface area contributed by atoms with Crippen molar-refractivity contribution >= 4 is 5.91 Å². The molecule has 2 aromatic rings. The minimum Gasteiger partial charge on any atom is -0.267 e. The molecular formula is C17H22N2O. The summed E-state index contributed by atoms with van der Waals surface area (Å²) < 4.78 is 1.55. The molecule has 3 nitrogen and oxygen atoms in total. The van der Waals surface area contributed by atoms with Crippen LogP contribution in [0.3, 0.4) is 0 Å². The van der Waals surface area contributed by atoms with E-state index in [9.17, 15) is 4.79 Å². The lowest BCUT2D eigenvalue weighted by Gasteiger charge is -2.08. The molecular weight excluding hydrogens is 248 g/mol. The third-order valence-corrected chi connectivity index (χ3v) is 3.62. The molecule has 1 aromatic heterocycles. The van der Waals surface area contributed by atoms with Gasteiger partial charge in [0.2, 0.25) is 0 Å². The van der Waals surface area contributed by atoms with E-state index < -0.39 is 0 Å². The van der Waals surface area contributed by atoms with Gasteiger partial charge in [-0.3, -0.25) is 4.79 Å². The Morgan fingerprint density at radius 3 is 2.45 bits per heavy atom. The van der Waals surface area contributed by atoms with E-state index in [1.165, 1.54) is 5.56 Å². The van der Waals surface area contributed by atoms with Crippen molar-refractivity contribution in [2.24, 2.45) is 5.92 Å². The first kappa shape index (κ1) is 14.5. The number of hydrogen-bond donors (Lipinski definition) is 0. The average Bonchev–Trinajstić information content (AvgIpc) is 2.66. The first-order chi connectivity index (χ1) is 9.41. The normalized spacial score (nSPS) is 11.1. The lowest BCUT2D eigenvalue weighted by molar-refractivity contribution is 0.0941. The van der Waals surface area contributed by atoms with E-state index in [4.69, 9.17) is 0 Å². The number of aromatic nitrogens is 2. The van der Waals surface area contributed by atoms with E-state index >= 15 is 0 Å². The smallest absolute Gasteiger partial charge is 0.267 e. The van der Waals surface area contributed by atoms with Crippen molar-refractivity contribution in [3.8, 4) is 0 Å². The summed E-state index contributed by atoms with van der Waals surface area (Å²) in [5.41, 5.74) is 4.81. The Kier molecular flexibility index (Phi) is 4.07. The molecule has 0 N–H and O–H groups in total. The molecule has 106 valence electrons. The fourth-order valence-electron chi connectivity index (χ4n) is 2.50. The van der Waals surface area contributed by atoms with Crippen molar-refractivity contribution in [3.05, 3.63) is 52.3 Å². The van der Waals surface area contributed by atoms with E-state index in [0.717, 1.165) is 23.4 Å². The first-order valence-electron chi connectivity index (χ1n) is 7.07. The highest BCUT2D eigenvalue weighted by atomic mass is 16.2. The Bertz CT molecular complexity index is 638. The van der Waals surface area contributed by atoms with Crippen molar-refractivity contribution in [1.29, 1.82) is 0 Å². The molecule has 0 saturated carbocycles. The maximum absolute atomic E-state index is 12.6. The number of rotatable bonds is 3. The second-order valence-electron chi connectivity index (χ2n) is 5.78. The summed E-state index contributed by atoms with van der Waals surface area (Å²) in [6.07, 6.45) is 0.957. The molecule has 2 rings (SSSR count).